The van der Waals surface area contributed by atoms with Gasteiger partial charge in [0.25, 0.3) is 0 Å². The summed E-state index contributed by atoms with van der Waals surface area (Å²) < 4.78 is 13.0. The van der Waals surface area contributed by atoms with Gasteiger partial charge >= 0.3 is 0 Å². The molecule has 1 aliphatic rings. The third kappa shape index (κ3) is 2.33. The number of piperidine rings is 1. The lowest BCUT2D eigenvalue weighted by molar-refractivity contribution is -0.123. The smallest absolute Gasteiger partial charge is 0.222 e. The number of nitrogens with one attached hydrogen (secondary N) is 1. The van der Waals surface area contributed by atoms with Gasteiger partial charge in [0.15, 0.2) is 0 Å². The summed E-state index contributed by atoms with van der Waals surface area (Å²) in [7, 11) is 0. The number of halogens is 1. The predicted octanol–water partition coefficient (Wildman–Crippen LogP) is 1.10. The lowest BCUT2D eigenvalue weighted by atomic mass is 9.94. The number of nitrogens with two attached hydrogens (primary N) is 1. The Morgan fingerprint density at radius 1 is 1.47 bits per heavy atom. The van der Waals surface area contributed by atoms with Gasteiger partial charge < -0.3 is 11.1 Å². The molecule has 1 heterocycles. The second-order valence-electron chi connectivity index (χ2n) is 3.88. The molecule has 1 aromatic carbocycles. The van der Waals surface area contributed by atoms with Crippen LogP contribution >= 0.6 is 0 Å². The van der Waals surface area contributed by atoms with Gasteiger partial charge in [0.2, 0.25) is 5.91 Å². The molecule has 2 rings (SSSR count). The average Bonchev–Trinajstić information content (AvgIpc) is 2.16. The third-order valence-corrected chi connectivity index (χ3v) is 2.57. The van der Waals surface area contributed by atoms with Gasteiger partial charge in [0, 0.05) is 12.5 Å². The molecule has 4 heteroatoms. The van der Waals surface area contributed by atoms with Crippen molar-refractivity contribution in [3.8, 4) is 0 Å². The van der Waals surface area contributed by atoms with E-state index < -0.39 is 0 Å². The fraction of sp³-hybridized carbons (Fsp3) is 0.364. The first-order chi connectivity index (χ1) is 7.15. The lowest BCUT2D eigenvalue weighted by Gasteiger charge is -2.27. The van der Waals surface area contributed by atoms with Crippen LogP contribution in [0.25, 0.3) is 0 Å². The van der Waals surface area contributed by atoms with Crippen LogP contribution in [0.4, 0.5) is 4.39 Å². The van der Waals surface area contributed by atoms with Gasteiger partial charge in [-0.25, -0.2) is 4.39 Å². The minimum absolute atomic E-state index is 0.0667. The normalized spacial score (nSPS) is 26.1. The second kappa shape index (κ2) is 3.98. The van der Waals surface area contributed by atoms with Crippen LogP contribution in [0.3, 0.4) is 0 Å². The number of carbonyl (C=O) groups is 1. The Hall–Kier alpha value is -1.42. The first-order valence-electron chi connectivity index (χ1n) is 4.95. The summed E-state index contributed by atoms with van der Waals surface area (Å²) in [6, 6.07) is 5.96. The van der Waals surface area contributed by atoms with Gasteiger partial charge in [-0.05, 0) is 24.1 Å². The predicted molar refractivity (Wildman–Crippen MR) is 54.5 cm³/mol. The Morgan fingerprint density at radius 2 is 2.27 bits per heavy atom. The van der Waals surface area contributed by atoms with E-state index in [1.165, 1.54) is 12.1 Å². The van der Waals surface area contributed by atoms with Crippen LogP contribution < -0.4 is 11.1 Å². The van der Waals surface area contributed by atoms with Crippen molar-refractivity contribution < 1.29 is 9.18 Å². The standard InChI is InChI=1S/C11H13FN2O/c12-8-3-1-2-7(4-8)10-5-9(13)6-11(15)14-10/h1-4,9-10H,5-6,13H2,(H,14,15). The molecule has 1 amide bonds. The van der Waals surface area contributed by atoms with Crippen LogP contribution in [-0.2, 0) is 4.79 Å². The van der Waals surface area contributed by atoms with Crippen molar-refractivity contribution in [3.05, 3.63) is 35.6 Å². The van der Waals surface area contributed by atoms with Gasteiger partial charge in [-0.1, -0.05) is 12.1 Å². The molecule has 1 aliphatic heterocycles. The highest BCUT2D eigenvalue weighted by Crippen LogP contribution is 2.23. The summed E-state index contributed by atoms with van der Waals surface area (Å²) in [5.41, 5.74) is 6.51. The quantitative estimate of drug-likeness (QED) is 0.726. The lowest BCUT2D eigenvalue weighted by Crippen LogP contribution is -2.42. The zero-order valence-corrected chi connectivity index (χ0v) is 8.24. The monoisotopic (exact) mass is 208 g/mol. The van der Waals surface area contributed by atoms with Crippen LogP contribution in [0.15, 0.2) is 24.3 Å². The summed E-state index contributed by atoms with van der Waals surface area (Å²) in [6.45, 7) is 0. The minimum Gasteiger partial charge on any atom is -0.349 e. The molecule has 0 aliphatic carbocycles. The Balaban J connectivity index is 2.19. The maximum absolute atomic E-state index is 13.0. The second-order valence-corrected chi connectivity index (χ2v) is 3.88. The van der Waals surface area contributed by atoms with Crippen molar-refractivity contribution in [2.45, 2.75) is 24.9 Å². The highest BCUT2D eigenvalue weighted by molar-refractivity contribution is 5.78. The molecule has 2 unspecified atom stereocenters. The number of hydrogen-bond acceptors (Lipinski definition) is 2. The summed E-state index contributed by atoms with van der Waals surface area (Å²) in [4.78, 5) is 11.3. The van der Waals surface area contributed by atoms with Gasteiger partial charge in [-0.15, -0.1) is 0 Å². The van der Waals surface area contributed by atoms with Crippen LogP contribution in [0.2, 0.25) is 0 Å². The zero-order chi connectivity index (χ0) is 10.8. The van der Waals surface area contributed by atoms with E-state index >= 15 is 0 Å². The highest BCUT2D eigenvalue weighted by Gasteiger charge is 2.25. The van der Waals surface area contributed by atoms with E-state index in [2.05, 4.69) is 5.32 Å². The van der Waals surface area contributed by atoms with Gasteiger partial charge in [-0.3, -0.25) is 4.79 Å². The molecule has 3 N–H and O–H groups in total. The molecule has 0 aromatic heterocycles. The Morgan fingerprint density at radius 3 is 2.93 bits per heavy atom. The molecule has 1 saturated heterocycles. The van der Waals surface area contributed by atoms with Crippen molar-refractivity contribution in [2.24, 2.45) is 5.73 Å². The van der Waals surface area contributed by atoms with E-state index in [0.717, 1.165) is 5.56 Å². The third-order valence-electron chi connectivity index (χ3n) is 2.57. The Bertz CT molecular complexity index is 381. The van der Waals surface area contributed by atoms with Gasteiger partial charge in [-0.2, -0.15) is 0 Å². The van der Waals surface area contributed by atoms with E-state index in [1.807, 2.05) is 0 Å². The number of benzene rings is 1. The van der Waals surface area contributed by atoms with E-state index in [0.29, 0.717) is 12.8 Å². The molecule has 2 atom stereocenters. The molecule has 1 aromatic rings. The Kier molecular flexibility index (Phi) is 2.68. The SMILES string of the molecule is NC1CC(=O)NC(c2cccc(F)c2)C1. The molecule has 1 fully saturated rings. The summed E-state index contributed by atoms with van der Waals surface area (Å²) in [5.74, 6) is -0.357. The fourth-order valence-electron chi connectivity index (χ4n) is 1.88. The maximum Gasteiger partial charge on any atom is 0.222 e. The first-order valence-corrected chi connectivity index (χ1v) is 4.95. The molecule has 0 saturated carbocycles. The highest BCUT2D eigenvalue weighted by atomic mass is 19.1. The largest absolute Gasteiger partial charge is 0.349 e. The van der Waals surface area contributed by atoms with Crippen LogP contribution in [0.5, 0.6) is 0 Å². The van der Waals surface area contributed by atoms with Gasteiger partial charge in [0.1, 0.15) is 5.82 Å². The molecular formula is C11H13FN2O. The Labute approximate surface area is 87.5 Å². The number of carbonyl (C=O) groups excluding carboxylic acids is 1. The maximum atomic E-state index is 13.0. The molecule has 15 heavy (non-hydrogen) atoms. The van der Waals surface area contributed by atoms with Crippen molar-refractivity contribution in [1.29, 1.82) is 0 Å². The van der Waals surface area contributed by atoms with Crippen LogP contribution in [-0.4, -0.2) is 11.9 Å². The topological polar surface area (TPSA) is 55.1 Å². The van der Waals surface area contributed by atoms with E-state index in [1.54, 1.807) is 12.1 Å². The zero-order valence-electron chi connectivity index (χ0n) is 8.24. The van der Waals surface area contributed by atoms with Crippen molar-refractivity contribution in [1.82, 2.24) is 5.32 Å². The molecule has 80 valence electrons. The van der Waals surface area contributed by atoms with E-state index in [9.17, 15) is 9.18 Å². The molecule has 0 radical (unpaired) electrons. The summed E-state index contributed by atoms with van der Waals surface area (Å²) in [5, 5.41) is 2.80. The van der Waals surface area contributed by atoms with Gasteiger partial charge in [0.05, 0.1) is 6.04 Å². The van der Waals surface area contributed by atoms with Crippen LogP contribution in [0.1, 0.15) is 24.4 Å². The van der Waals surface area contributed by atoms with Crippen LogP contribution in [0, 0.1) is 5.82 Å². The van der Waals surface area contributed by atoms with E-state index in [4.69, 9.17) is 5.73 Å². The molecule has 0 spiro atoms. The number of rotatable bonds is 1. The van der Waals surface area contributed by atoms with Crippen molar-refractivity contribution in [2.75, 3.05) is 0 Å². The average molecular weight is 208 g/mol. The van der Waals surface area contributed by atoms with E-state index in [-0.39, 0.29) is 23.8 Å². The fourth-order valence-corrected chi connectivity index (χ4v) is 1.88. The van der Waals surface area contributed by atoms with Crippen molar-refractivity contribution >= 4 is 5.91 Å². The molecule has 3 nitrogen and oxygen atoms in total. The number of hydrogen-bond donors (Lipinski definition) is 2. The molecular weight excluding hydrogens is 195 g/mol. The minimum atomic E-state index is -0.291. The summed E-state index contributed by atoms with van der Waals surface area (Å²) >= 11 is 0. The summed E-state index contributed by atoms with van der Waals surface area (Å²) in [6.07, 6.45) is 1.01. The van der Waals surface area contributed by atoms with Crippen molar-refractivity contribution in [3.63, 3.8) is 0 Å². The number of amides is 1. The molecule has 0 bridgehead atoms. The first kappa shape index (κ1) is 10.1.